The lowest BCUT2D eigenvalue weighted by atomic mass is 10.1. The number of nitrogens with zero attached hydrogens (tertiary/aromatic N) is 4. The van der Waals surface area contributed by atoms with Gasteiger partial charge >= 0.3 is 0 Å². The van der Waals surface area contributed by atoms with E-state index in [2.05, 4.69) is 28.1 Å². The van der Waals surface area contributed by atoms with Gasteiger partial charge in [-0.05, 0) is 30.3 Å². The first-order valence-electron chi connectivity index (χ1n) is 10.1. The van der Waals surface area contributed by atoms with Crippen molar-refractivity contribution in [3.05, 3.63) is 66.0 Å². The third kappa shape index (κ3) is 3.19. The molecule has 3 heterocycles. The molecular formula is C24H22N5O+. The number of benzene rings is 2. The van der Waals surface area contributed by atoms with Gasteiger partial charge in [-0.15, -0.1) is 0 Å². The molecule has 1 aliphatic heterocycles. The quantitative estimate of drug-likeness (QED) is 0.425. The Morgan fingerprint density at radius 1 is 1.17 bits per heavy atom. The van der Waals surface area contributed by atoms with Crippen molar-refractivity contribution in [1.29, 1.82) is 5.26 Å². The van der Waals surface area contributed by atoms with Gasteiger partial charge in [0.1, 0.15) is 17.5 Å². The summed E-state index contributed by atoms with van der Waals surface area (Å²) in [6, 6.07) is 20.6. The molecule has 6 nitrogen and oxygen atoms in total. The van der Waals surface area contributed by atoms with Gasteiger partial charge in [-0.25, -0.2) is 14.5 Å². The van der Waals surface area contributed by atoms with Crippen LogP contribution in [0.25, 0.3) is 33.6 Å². The molecule has 0 radical (unpaired) electrons. The normalized spacial score (nSPS) is 14.9. The van der Waals surface area contributed by atoms with Crippen LogP contribution in [0.4, 0.5) is 5.82 Å². The van der Waals surface area contributed by atoms with Crippen molar-refractivity contribution in [3.63, 3.8) is 0 Å². The van der Waals surface area contributed by atoms with E-state index in [0.717, 1.165) is 52.2 Å². The largest absolute Gasteiger partial charge is 0.378 e. The topological polar surface area (TPSA) is 68.8 Å². The molecule has 2 aromatic heterocycles. The van der Waals surface area contributed by atoms with Gasteiger partial charge in [-0.2, -0.15) is 5.26 Å². The van der Waals surface area contributed by atoms with Crippen molar-refractivity contribution in [2.24, 2.45) is 7.05 Å². The molecular weight excluding hydrogens is 374 g/mol. The number of aromatic nitrogens is 3. The number of fused-ring (bicyclic) bond motifs is 2. The van der Waals surface area contributed by atoms with E-state index in [1.165, 1.54) is 0 Å². The van der Waals surface area contributed by atoms with Crippen LogP contribution in [0.1, 0.15) is 11.4 Å². The summed E-state index contributed by atoms with van der Waals surface area (Å²) in [5.41, 5.74) is 4.51. The van der Waals surface area contributed by atoms with Crippen LogP contribution in [0, 0.1) is 11.3 Å². The molecule has 4 aromatic rings. The number of para-hydroxylation sites is 3. The van der Waals surface area contributed by atoms with Crippen molar-refractivity contribution in [1.82, 2.24) is 9.97 Å². The molecule has 1 fully saturated rings. The number of aromatic amines is 1. The van der Waals surface area contributed by atoms with Crippen LogP contribution < -0.4 is 9.47 Å². The molecule has 0 bridgehead atoms. The summed E-state index contributed by atoms with van der Waals surface area (Å²) in [5.74, 6) is 1.67. The molecule has 2 aromatic carbocycles. The van der Waals surface area contributed by atoms with Gasteiger partial charge in [-0.3, -0.25) is 0 Å². The average molecular weight is 396 g/mol. The number of nitriles is 1. The number of pyridine rings is 1. The van der Waals surface area contributed by atoms with E-state index in [1.807, 2.05) is 60.2 Å². The number of anilines is 1. The maximum Gasteiger partial charge on any atom is 0.298 e. The SMILES string of the molecule is C[n+]1c(/C(C#N)=C/c2cc3ccccc3nc2N2CCOCC2)[nH]c2ccccc21. The van der Waals surface area contributed by atoms with Gasteiger partial charge < -0.3 is 9.64 Å². The van der Waals surface area contributed by atoms with Crippen molar-refractivity contribution < 1.29 is 9.30 Å². The Bertz CT molecular complexity index is 1310. The molecule has 0 unspecified atom stereocenters. The number of rotatable bonds is 3. The average Bonchev–Trinajstić information content (AvgIpc) is 3.14. The first-order chi connectivity index (χ1) is 14.7. The lowest BCUT2D eigenvalue weighted by Crippen LogP contribution is -2.37. The number of nitrogens with one attached hydrogen (secondary N) is 1. The minimum absolute atomic E-state index is 0.570. The summed E-state index contributed by atoms with van der Waals surface area (Å²) in [5, 5.41) is 11.1. The fraction of sp³-hybridized carbons (Fsp3) is 0.208. The van der Waals surface area contributed by atoms with Crippen LogP contribution >= 0.6 is 0 Å². The second-order valence-electron chi connectivity index (χ2n) is 7.41. The number of H-pyrrole nitrogens is 1. The second kappa shape index (κ2) is 7.62. The van der Waals surface area contributed by atoms with Gasteiger partial charge in [0, 0.05) is 24.0 Å². The Morgan fingerprint density at radius 3 is 2.73 bits per heavy atom. The molecule has 148 valence electrons. The Kier molecular flexibility index (Phi) is 4.66. The third-order valence-corrected chi connectivity index (χ3v) is 5.57. The number of ether oxygens (including phenoxy) is 1. The van der Waals surface area contributed by atoms with E-state index in [0.29, 0.717) is 18.8 Å². The third-order valence-electron chi connectivity index (χ3n) is 5.57. The van der Waals surface area contributed by atoms with Crippen molar-refractivity contribution in [3.8, 4) is 6.07 Å². The number of morpholine rings is 1. The Hall–Kier alpha value is -3.69. The van der Waals surface area contributed by atoms with E-state index < -0.39 is 0 Å². The highest BCUT2D eigenvalue weighted by molar-refractivity contribution is 5.93. The molecule has 30 heavy (non-hydrogen) atoms. The lowest BCUT2D eigenvalue weighted by Gasteiger charge is -2.29. The zero-order chi connectivity index (χ0) is 20.5. The molecule has 1 aliphatic rings. The van der Waals surface area contributed by atoms with Crippen LogP contribution in [0.15, 0.2) is 54.6 Å². The summed E-state index contributed by atoms with van der Waals surface area (Å²) in [6.45, 7) is 2.93. The monoisotopic (exact) mass is 396 g/mol. The van der Waals surface area contributed by atoms with Gasteiger partial charge in [-0.1, -0.05) is 30.3 Å². The van der Waals surface area contributed by atoms with E-state index >= 15 is 0 Å². The molecule has 0 aliphatic carbocycles. The van der Waals surface area contributed by atoms with Crippen molar-refractivity contribution >= 4 is 39.4 Å². The van der Waals surface area contributed by atoms with Crippen molar-refractivity contribution in [2.75, 3.05) is 31.2 Å². The molecule has 0 spiro atoms. The molecule has 6 heteroatoms. The zero-order valence-electron chi connectivity index (χ0n) is 16.8. The van der Waals surface area contributed by atoms with E-state index in [-0.39, 0.29) is 0 Å². The molecule has 1 saturated heterocycles. The number of hydrogen-bond acceptors (Lipinski definition) is 4. The van der Waals surface area contributed by atoms with Gasteiger partial charge in [0.2, 0.25) is 0 Å². The fourth-order valence-corrected chi connectivity index (χ4v) is 4.02. The van der Waals surface area contributed by atoms with E-state index in [1.54, 1.807) is 0 Å². The lowest BCUT2D eigenvalue weighted by molar-refractivity contribution is -0.646. The smallest absolute Gasteiger partial charge is 0.298 e. The first kappa shape index (κ1) is 18.3. The summed E-state index contributed by atoms with van der Waals surface area (Å²) in [4.78, 5) is 10.6. The number of allylic oxidation sites excluding steroid dienone is 1. The molecule has 1 N–H and O–H groups in total. The molecule has 0 atom stereocenters. The van der Waals surface area contributed by atoms with Gasteiger partial charge in [0.15, 0.2) is 11.0 Å². The Labute approximate surface area is 174 Å². The van der Waals surface area contributed by atoms with Crippen LogP contribution in [-0.4, -0.2) is 36.3 Å². The van der Waals surface area contributed by atoms with Crippen LogP contribution in [0.3, 0.4) is 0 Å². The summed E-state index contributed by atoms with van der Waals surface area (Å²) in [7, 11) is 1.97. The zero-order valence-corrected chi connectivity index (χ0v) is 16.8. The maximum absolute atomic E-state index is 10.00. The second-order valence-corrected chi connectivity index (χ2v) is 7.41. The Morgan fingerprint density at radius 2 is 1.93 bits per heavy atom. The van der Waals surface area contributed by atoms with Gasteiger partial charge in [0.25, 0.3) is 5.82 Å². The highest BCUT2D eigenvalue weighted by Crippen LogP contribution is 2.28. The summed E-state index contributed by atoms with van der Waals surface area (Å²) < 4.78 is 7.55. The standard InChI is InChI=1S/C24H21N5O/c1-28-22-9-5-4-8-21(22)27-23(28)19(16-25)15-18-14-17-6-2-3-7-20(17)26-24(18)29-10-12-30-13-11-29/h2-9,14-15H,10-13H2,1H3/p+1/b19-15+. The van der Waals surface area contributed by atoms with Gasteiger partial charge in [0.05, 0.1) is 25.8 Å². The van der Waals surface area contributed by atoms with E-state index in [9.17, 15) is 5.26 Å². The minimum atomic E-state index is 0.570. The molecule has 5 rings (SSSR count). The molecule has 0 amide bonds. The van der Waals surface area contributed by atoms with Crippen LogP contribution in [0.2, 0.25) is 0 Å². The number of hydrogen-bond donors (Lipinski definition) is 1. The Balaban J connectivity index is 1.69. The van der Waals surface area contributed by atoms with Crippen LogP contribution in [0.5, 0.6) is 0 Å². The van der Waals surface area contributed by atoms with Crippen LogP contribution in [-0.2, 0) is 11.8 Å². The van der Waals surface area contributed by atoms with E-state index in [4.69, 9.17) is 9.72 Å². The van der Waals surface area contributed by atoms with Crippen molar-refractivity contribution in [2.45, 2.75) is 0 Å². The predicted octanol–water partition coefficient (Wildman–Crippen LogP) is 3.44. The number of aryl methyl sites for hydroxylation is 1. The highest BCUT2D eigenvalue weighted by Gasteiger charge is 2.22. The number of imidazole rings is 1. The fourth-order valence-electron chi connectivity index (χ4n) is 4.02. The summed E-state index contributed by atoms with van der Waals surface area (Å²) in [6.07, 6.45) is 1.94. The summed E-state index contributed by atoms with van der Waals surface area (Å²) >= 11 is 0. The predicted molar refractivity (Wildman–Crippen MR) is 118 cm³/mol. The minimum Gasteiger partial charge on any atom is -0.378 e. The molecule has 0 saturated carbocycles. The first-order valence-corrected chi connectivity index (χ1v) is 10.1. The highest BCUT2D eigenvalue weighted by atomic mass is 16.5. The maximum atomic E-state index is 10.00.